The lowest BCUT2D eigenvalue weighted by molar-refractivity contribution is 0.379. The van der Waals surface area contributed by atoms with E-state index in [-0.39, 0.29) is 5.41 Å². The van der Waals surface area contributed by atoms with Crippen LogP contribution in [0.5, 0.6) is 0 Å². The highest BCUT2D eigenvalue weighted by Gasteiger charge is 2.42. The van der Waals surface area contributed by atoms with E-state index in [9.17, 15) is 5.26 Å². The van der Waals surface area contributed by atoms with E-state index < -0.39 is 0 Å². The summed E-state index contributed by atoms with van der Waals surface area (Å²) >= 11 is 0. The van der Waals surface area contributed by atoms with Crippen molar-refractivity contribution in [2.75, 3.05) is 0 Å². The zero-order valence-electron chi connectivity index (χ0n) is 9.06. The number of hydrogen-bond acceptors (Lipinski definition) is 4. The van der Waals surface area contributed by atoms with Crippen molar-refractivity contribution in [1.82, 2.24) is 20.6 Å². The predicted molar refractivity (Wildman–Crippen MR) is 53.5 cm³/mol. The topological polar surface area (TPSA) is 78.2 Å². The van der Waals surface area contributed by atoms with E-state index in [0.717, 1.165) is 18.7 Å². The molecule has 15 heavy (non-hydrogen) atoms. The van der Waals surface area contributed by atoms with Crippen LogP contribution >= 0.6 is 0 Å². The van der Waals surface area contributed by atoms with Gasteiger partial charge in [0.2, 0.25) is 0 Å². The van der Waals surface area contributed by atoms with Crippen LogP contribution in [0, 0.1) is 28.6 Å². The highest BCUT2D eigenvalue weighted by molar-refractivity contribution is 5.09. The molecule has 1 aromatic rings. The maximum Gasteiger partial charge on any atom is 0.150 e. The second-order valence-electron chi connectivity index (χ2n) is 4.78. The molecule has 0 aromatic carbocycles. The molecule has 1 heterocycles. The van der Waals surface area contributed by atoms with Gasteiger partial charge in [-0.15, -0.1) is 5.10 Å². The van der Waals surface area contributed by atoms with Crippen LogP contribution in [0.1, 0.15) is 32.5 Å². The van der Waals surface area contributed by atoms with Gasteiger partial charge in [-0.2, -0.15) is 5.26 Å². The third-order valence-corrected chi connectivity index (χ3v) is 3.53. The molecule has 0 unspecified atom stereocenters. The second kappa shape index (κ2) is 3.61. The Kier molecular flexibility index (Phi) is 2.43. The Hall–Kier alpha value is -1.44. The van der Waals surface area contributed by atoms with Crippen molar-refractivity contribution < 1.29 is 0 Å². The maximum absolute atomic E-state index is 9.32. The average molecular weight is 205 g/mol. The number of H-pyrrole nitrogens is 1. The third kappa shape index (κ3) is 1.84. The van der Waals surface area contributed by atoms with Crippen molar-refractivity contribution in [1.29, 1.82) is 5.26 Å². The monoisotopic (exact) mass is 205 g/mol. The Morgan fingerprint density at radius 3 is 2.60 bits per heavy atom. The lowest BCUT2D eigenvalue weighted by Crippen LogP contribution is -2.19. The van der Waals surface area contributed by atoms with Gasteiger partial charge in [-0.1, -0.05) is 13.8 Å². The number of aromatic amines is 1. The van der Waals surface area contributed by atoms with Crippen LogP contribution < -0.4 is 0 Å². The summed E-state index contributed by atoms with van der Waals surface area (Å²) in [5.74, 6) is 1.94. The standard InChI is InChI=1S/C10H15N5/c1-7-3-10(6-11,4-8(7)2)5-9-12-14-15-13-9/h7-8H,3-5H2,1-2H3,(H,12,13,14,15)/t7-,8-/m1/s1. The molecule has 0 aliphatic heterocycles. The van der Waals surface area contributed by atoms with Crippen LogP contribution in [0.15, 0.2) is 0 Å². The molecule has 80 valence electrons. The Morgan fingerprint density at radius 1 is 1.47 bits per heavy atom. The lowest BCUT2D eigenvalue weighted by atomic mass is 9.83. The zero-order valence-corrected chi connectivity index (χ0v) is 9.06. The predicted octanol–water partition coefficient (Wildman–Crippen LogP) is 1.32. The van der Waals surface area contributed by atoms with E-state index in [1.54, 1.807) is 0 Å². The van der Waals surface area contributed by atoms with E-state index in [2.05, 4.69) is 40.5 Å². The minimum absolute atomic E-state index is 0.264. The molecule has 5 nitrogen and oxygen atoms in total. The van der Waals surface area contributed by atoms with Crippen LogP contribution in [-0.2, 0) is 6.42 Å². The highest BCUT2D eigenvalue weighted by atomic mass is 15.5. The van der Waals surface area contributed by atoms with Gasteiger partial charge in [0.1, 0.15) is 5.82 Å². The molecule has 1 aliphatic carbocycles. The fraction of sp³-hybridized carbons (Fsp3) is 0.800. The molecular weight excluding hydrogens is 190 g/mol. The Bertz CT molecular complexity index is 354. The van der Waals surface area contributed by atoms with E-state index in [0.29, 0.717) is 18.3 Å². The quantitative estimate of drug-likeness (QED) is 0.789. The summed E-state index contributed by atoms with van der Waals surface area (Å²) in [7, 11) is 0. The molecule has 1 N–H and O–H groups in total. The normalized spacial score (nSPS) is 28.9. The van der Waals surface area contributed by atoms with Crippen LogP contribution in [0.3, 0.4) is 0 Å². The third-order valence-electron chi connectivity index (χ3n) is 3.53. The van der Waals surface area contributed by atoms with Crippen LogP contribution in [0.25, 0.3) is 0 Å². The van der Waals surface area contributed by atoms with Gasteiger partial charge in [0.05, 0.1) is 11.5 Å². The van der Waals surface area contributed by atoms with Crippen LogP contribution in [-0.4, -0.2) is 20.6 Å². The van der Waals surface area contributed by atoms with Crippen LogP contribution in [0.2, 0.25) is 0 Å². The molecule has 1 aliphatic rings. The molecule has 1 aromatic heterocycles. The fourth-order valence-electron chi connectivity index (χ4n) is 2.57. The molecule has 2 rings (SSSR count). The van der Waals surface area contributed by atoms with Crippen molar-refractivity contribution in [3.8, 4) is 6.07 Å². The number of rotatable bonds is 2. The highest BCUT2D eigenvalue weighted by Crippen LogP contribution is 2.46. The van der Waals surface area contributed by atoms with Gasteiger partial charge in [0, 0.05) is 6.42 Å². The Labute approximate surface area is 88.9 Å². The fourth-order valence-corrected chi connectivity index (χ4v) is 2.57. The van der Waals surface area contributed by atoms with E-state index >= 15 is 0 Å². The van der Waals surface area contributed by atoms with Crippen LogP contribution in [0.4, 0.5) is 0 Å². The van der Waals surface area contributed by atoms with Crippen molar-refractivity contribution >= 4 is 0 Å². The van der Waals surface area contributed by atoms with Crippen molar-refractivity contribution in [2.24, 2.45) is 17.3 Å². The van der Waals surface area contributed by atoms with Crippen molar-refractivity contribution in [2.45, 2.75) is 33.1 Å². The van der Waals surface area contributed by atoms with Gasteiger partial charge >= 0.3 is 0 Å². The van der Waals surface area contributed by atoms with E-state index in [1.807, 2.05) is 0 Å². The molecule has 5 heteroatoms. The first-order valence-corrected chi connectivity index (χ1v) is 5.29. The summed E-state index contributed by atoms with van der Waals surface area (Å²) in [6.07, 6.45) is 2.54. The molecule has 1 fully saturated rings. The zero-order chi connectivity index (χ0) is 10.9. The van der Waals surface area contributed by atoms with E-state index in [1.165, 1.54) is 0 Å². The van der Waals surface area contributed by atoms with Gasteiger partial charge < -0.3 is 0 Å². The summed E-state index contributed by atoms with van der Waals surface area (Å²) in [6.45, 7) is 4.42. The van der Waals surface area contributed by atoms with Gasteiger partial charge in [-0.25, -0.2) is 5.10 Å². The first kappa shape index (κ1) is 10.1. The molecule has 0 radical (unpaired) electrons. The van der Waals surface area contributed by atoms with E-state index in [4.69, 9.17) is 0 Å². The number of tetrazole rings is 1. The molecule has 0 amide bonds. The minimum atomic E-state index is -0.264. The Balaban J connectivity index is 2.15. The maximum atomic E-state index is 9.32. The largest absolute Gasteiger partial charge is 0.243 e. The molecular formula is C10H15N5. The summed E-state index contributed by atoms with van der Waals surface area (Å²) in [5, 5.41) is 23.0. The number of aromatic nitrogens is 4. The minimum Gasteiger partial charge on any atom is -0.243 e. The van der Waals surface area contributed by atoms with Gasteiger partial charge in [0.15, 0.2) is 0 Å². The summed E-state index contributed by atoms with van der Waals surface area (Å²) in [4.78, 5) is 0. The number of nitrogens with one attached hydrogen (secondary N) is 1. The molecule has 0 saturated heterocycles. The summed E-state index contributed by atoms with van der Waals surface area (Å²) < 4.78 is 0. The van der Waals surface area contributed by atoms with Crippen molar-refractivity contribution in [3.63, 3.8) is 0 Å². The van der Waals surface area contributed by atoms with Gasteiger partial charge in [-0.05, 0) is 35.1 Å². The number of nitrogens with zero attached hydrogens (tertiary/aromatic N) is 4. The molecule has 1 saturated carbocycles. The first-order chi connectivity index (χ1) is 7.15. The van der Waals surface area contributed by atoms with Gasteiger partial charge in [-0.3, -0.25) is 0 Å². The second-order valence-corrected chi connectivity index (χ2v) is 4.78. The molecule has 0 spiro atoms. The smallest absolute Gasteiger partial charge is 0.150 e. The lowest BCUT2D eigenvalue weighted by Gasteiger charge is -2.18. The first-order valence-electron chi connectivity index (χ1n) is 5.29. The Morgan fingerprint density at radius 2 is 2.13 bits per heavy atom. The van der Waals surface area contributed by atoms with Gasteiger partial charge in [0.25, 0.3) is 0 Å². The van der Waals surface area contributed by atoms with Crippen molar-refractivity contribution in [3.05, 3.63) is 5.82 Å². The average Bonchev–Trinajstić information content (AvgIpc) is 2.78. The molecule has 0 bridgehead atoms. The molecule has 2 atom stereocenters. The summed E-state index contributed by atoms with van der Waals surface area (Å²) in [5.41, 5.74) is -0.264. The SMILES string of the molecule is C[C@@H]1CC(C#N)(Cc2nnn[nH]2)C[C@H]1C. The number of nitriles is 1. The summed E-state index contributed by atoms with van der Waals surface area (Å²) in [6, 6.07) is 2.46. The number of hydrogen-bond donors (Lipinski definition) is 1.